The third-order valence-corrected chi connectivity index (χ3v) is 4.75. The van der Waals surface area contributed by atoms with Crippen molar-refractivity contribution in [2.75, 3.05) is 10.6 Å². The zero-order valence-corrected chi connectivity index (χ0v) is 13.9. The summed E-state index contributed by atoms with van der Waals surface area (Å²) >= 11 is 0. The summed E-state index contributed by atoms with van der Waals surface area (Å²) in [5.41, 5.74) is 7.51. The predicted molar refractivity (Wildman–Crippen MR) is 91.5 cm³/mol. The minimum absolute atomic E-state index is 0.110. The topological polar surface area (TPSA) is 117 Å². The summed E-state index contributed by atoms with van der Waals surface area (Å²) in [4.78, 5) is 17.7. The normalized spacial score (nSPS) is 20.8. The van der Waals surface area contributed by atoms with Crippen molar-refractivity contribution in [1.82, 2.24) is 4.98 Å². The average Bonchev–Trinajstić information content (AvgIpc) is 3.10. The van der Waals surface area contributed by atoms with Crippen LogP contribution in [-0.4, -0.2) is 10.9 Å². The van der Waals surface area contributed by atoms with Gasteiger partial charge in [-0.3, -0.25) is 4.79 Å². The average molecular weight is 335 g/mol. The van der Waals surface area contributed by atoms with E-state index in [0.717, 1.165) is 12.0 Å². The summed E-state index contributed by atoms with van der Waals surface area (Å²) in [6.45, 7) is 3.92. The molecule has 0 saturated carbocycles. The van der Waals surface area contributed by atoms with Crippen LogP contribution in [0.4, 0.5) is 11.6 Å². The van der Waals surface area contributed by atoms with Gasteiger partial charge in [-0.2, -0.15) is 5.26 Å². The Labute approximate surface area is 144 Å². The number of oxazole rings is 1. The number of aryl methyl sites for hydroxylation is 2. The fourth-order valence-corrected chi connectivity index (χ4v) is 3.63. The Morgan fingerprint density at radius 3 is 2.92 bits per heavy atom. The van der Waals surface area contributed by atoms with Crippen LogP contribution in [0.1, 0.15) is 36.1 Å². The van der Waals surface area contributed by atoms with Crippen molar-refractivity contribution in [3.05, 3.63) is 52.3 Å². The van der Waals surface area contributed by atoms with Gasteiger partial charge in [0.05, 0.1) is 5.57 Å². The van der Waals surface area contributed by atoms with Gasteiger partial charge in [0.2, 0.25) is 11.8 Å². The molecule has 1 atom stereocenters. The summed E-state index contributed by atoms with van der Waals surface area (Å²) in [6.07, 6.45) is 1.48. The molecule has 25 heavy (non-hydrogen) atoms. The third-order valence-electron chi connectivity index (χ3n) is 4.75. The van der Waals surface area contributed by atoms with Crippen LogP contribution in [0.15, 0.2) is 34.0 Å². The number of fused-ring (bicyclic) bond motifs is 4. The van der Waals surface area contributed by atoms with Gasteiger partial charge < -0.3 is 20.8 Å². The maximum atomic E-state index is 13.1. The van der Waals surface area contributed by atoms with Crippen LogP contribution in [0, 0.1) is 18.3 Å². The molecule has 1 aromatic heterocycles. The number of nitrogens with zero attached hydrogens (tertiary/aromatic N) is 2. The van der Waals surface area contributed by atoms with Gasteiger partial charge in [0.1, 0.15) is 17.6 Å². The number of aromatic nitrogens is 1. The van der Waals surface area contributed by atoms with Crippen molar-refractivity contribution in [3.63, 3.8) is 0 Å². The zero-order valence-electron chi connectivity index (χ0n) is 13.9. The van der Waals surface area contributed by atoms with Gasteiger partial charge in [-0.15, -0.1) is 0 Å². The number of amides is 1. The highest BCUT2D eigenvalue weighted by atomic mass is 16.4. The number of hydrogen-bond donors (Lipinski definition) is 3. The fourth-order valence-electron chi connectivity index (χ4n) is 3.63. The summed E-state index contributed by atoms with van der Waals surface area (Å²) in [6, 6.07) is 7.70. The van der Waals surface area contributed by atoms with E-state index in [-0.39, 0.29) is 17.3 Å². The van der Waals surface area contributed by atoms with E-state index < -0.39 is 5.41 Å². The molecule has 0 fully saturated rings. The molecule has 4 rings (SSSR count). The van der Waals surface area contributed by atoms with Gasteiger partial charge >= 0.3 is 0 Å². The molecule has 1 unspecified atom stereocenters. The van der Waals surface area contributed by atoms with Crippen molar-refractivity contribution in [2.45, 2.75) is 32.1 Å². The van der Waals surface area contributed by atoms with E-state index in [0.29, 0.717) is 35.1 Å². The molecule has 7 heteroatoms. The lowest BCUT2D eigenvalue weighted by atomic mass is 9.71. The van der Waals surface area contributed by atoms with Crippen LogP contribution >= 0.6 is 0 Å². The van der Waals surface area contributed by atoms with Gasteiger partial charge in [0, 0.05) is 17.7 Å². The molecule has 0 saturated heterocycles. The lowest BCUT2D eigenvalue weighted by molar-refractivity contribution is -0.118. The largest absolute Gasteiger partial charge is 0.425 e. The molecule has 1 amide bonds. The first-order valence-corrected chi connectivity index (χ1v) is 8.13. The molecule has 4 N–H and O–H groups in total. The summed E-state index contributed by atoms with van der Waals surface area (Å²) in [7, 11) is 0. The number of hydrogen-bond acceptors (Lipinski definition) is 6. The van der Waals surface area contributed by atoms with E-state index in [4.69, 9.17) is 10.2 Å². The lowest BCUT2D eigenvalue weighted by Crippen LogP contribution is -2.43. The molecule has 126 valence electrons. The van der Waals surface area contributed by atoms with Gasteiger partial charge in [0.15, 0.2) is 11.3 Å². The van der Waals surface area contributed by atoms with Gasteiger partial charge in [-0.05, 0) is 18.9 Å². The molecule has 0 radical (unpaired) electrons. The van der Waals surface area contributed by atoms with Crippen molar-refractivity contribution in [1.29, 1.82) is 5.26 Å². The number of nitriles is 1. The monoisotopic (exact) mass is 335 g/mol. The number of carbonyl (C=O) groups excluding carboxylic acids is 1. The SMILES string of the molecule is CCCc1nc2c(o1)NC(N)=C(C#N)C21C(=O)Nc2c(C)cccc21. The second-order valence-corrected chi connectivity index (χ2v) is 6.26. The number of rotatable bonds is 2. The standard InChI is InChI=1S/C18H17N5O2/c1-3-5-12-21-14-16(25-12)23-15(20)11(8-19)18(14)10-7-4-6-9(2)13(10)22-17(18)24/h4,6-7,23H,3,5,20H2,1-2H3,(H,22,24). The maximum absolute atomic E-state index is 13.1. The highest BCUT2D eigenvalue weighted by Gasteiger charge is 2.58. The Hall–Kier alpha value is -3.27. The second-order valence-electron chi connectivity index (χ2n) is 6.26. The van der Waals surface area contributed by atoms with Crippen LogP contribution in [0.2, 0.25) is 0 Å². The van der Waals surface area contributed by atoms with Crippen LogP contribution in [0.25, 0.3) is 0 Å². The minimum Gasteiger partial charge on any atom is -0.425 e. The predicted octanol–water partition coefficient (Wildman–Crippen LogP) is 2.29. The molecule has 7 nitrogen and oxygen atoms in total. The Kier molecular flexibility index (Phi) is 3.12. The highest BCUT2D eigenvalue weighted by molar-refractivity contribution is 6.13. The van der Waals surface area contributed by atoms with E-state index in [1.165, 1.54) is 0 Å². The first-order chi connectivity index (χ1) is 12.0. The molecule has 2 aromatic rings. The molecular formula is C18H17N5O2. The van der Waals surface area contributed by atoms with E-state index in [2.05, 4.69) is 21.7 Å². The molecule has 2 aliphatic rings. The molecule has 0 aliphatic carbocycles. The van der Waals surface area contributed by atoms with Crippen LogP contribution in [0.5, 0.6) is 0 Å². The number of nitrogens with two attached hydrogens (primary N) is 1. The number of benzene rings is 1. The van der Waals surface area contributed by atoms with Crippen molar-refractivity contribution < 1.29 is 9.21 Å². The summed E-state index contributed by atoms with van der Waals surface area (Å²) < 4.78 is 5.76. The van der Waals surface area contributed by atoms with E-state index in [9.17, 15) is 10.1 Å². The fraction of sp³-hybridized carbons (Fsp3) is 0.278. The van der Waals surface area contributed by atoms with Crippen LogP contribution in [-0.2, 0) is 16.6 Å². The third kappa shape index (κ3) is 1.79. The second kappa shape index (κ2) is 5.11. The zero-order chi connectivity index (χ0) is 17.8. The van der Waals surface area contributed by atoms with Crippen molar-refractivity contribution in [2.24, 2.45) is 5.73 Å². The summed E-state index contributed by atoms with van der Waals surface area (Å²) in [5, 5.41) is 15.6. The van der Waals surface area contributed by atoms with Gasteiger partial charge in [0.25, 0.3) is 0 Å². The number of anilines is 2. The Morgan fingerprint density at radius 2 is 2.20 bits per heavy atom. The first-order valence-electron chi connectivity index (χ1n) is 8.13. The lowest BCUT2D eigenvalue weighted by Gasteiger charge is -2.30. The summed E-state index contributed by atoms with van der Waals surface area (Å²) in [5.74, 6) is 0.610. The number of carbonyl (C=O) groups is 1. The van der Waals surface area contributed by atoms with Gasteiger partial charge in [-0.1, -0.05) is 25.1 Å². The molecule has 0 bridgehead atoms. The van der Waals surface area contributed by atoms with Crippen molar-refractivity contribution >= 4 is 17.5 Å². The molecule has 1 spiro atoms. The van der Waals surface area contributed by atoms with Gasteiger partial charge in [-0.25, -0.2) is 4.98 Å². The molecule has 3 heterocycles. The Bertz CT molecular complexity index is 982. The van der Waals surface area contributed by atoms with E-state index in [1.807, 2.05) is 32.0 Å². The molecule has 2 aliphatic heterocycles. The number of para-hydroxylation sites is 1. The Balaban J connectivity index is 2.08. The Morgan fingerprint density at radius 1 is 1.40 bits per heavy atom. The smallest absolute Gasteiger partial charge is 0.246 e. The van der Waals surface area contributed by atoms with Crippen LogP contribution < -0.4 is 16.4 Å². The maximum Gasteiger partial charge on any atom is 0.246 e. The van der Waals surface area contributed by atoms with E-state index in [1.54, 1.807) is 0 Å². The first kappa shape index (κ1) is 15.3. The van der Waals surface area contributed by atoms with Crippen molar-refractivity contribution in [3.8, 4) is 6.07 Å². The minimum atomic E-state index is -1.38. The number of nitrogens with one attached hydrogen (secondary N) is 2. The molecular weight excluding hydrogens is 318 g/mol. The highest BCUT2D eigenvalue weighted by Crippen LogP contribution is 2.52. The van der Waals surface area contributed by atoms with Crippen LogP contribution in [0.3, 0.4) is 0 Å². The van der Waals surface area contributed by atoms with E-state index >= 15 is 0 Å². The quantitative estimate of drug-likeness (QED) is 0.775. The molecule has 1 aromatic carbocycles.